The topological polar surface area (TPSA) is 105 Å². The second-order valence-corrected chi connectivity index (χ2v) is 13.4. The van der Waals surface area contributed by atoms with E-state index in [0.717, 1.165) is 38.5 Å². The van der Waals surface area contributed by atoms with Gasteiger partial charge in [0.15, 0.2) is 6.10 Å². The van der Waals surface area contributed by atoms with Crippen molar-refractivity contribution in [2.75, 3.05) is 19.8 Å². The summed E-state index contributed by atoms with van der Waals surface area (Å²) in [6.07, 6.45) is 33.1. The van der Waals surface area contributed by atoms with Gasteiger partial charge in [-0.1, -0.05) is 168 Å². The number of rotatable bonds is 36. The van der Waals surface area contributed by atoms with E-state index in [0.29, 0.717) is 25.8 Å². The zero-order valence-electron chi connectivity index (χ0n) is 30.8. The molecule has 0 aliphatic heterocycles. The molecular formula is C39H76ClNO6. The average molecular weight is 690 g/mol. The van der Waals surface area contributed by atoms with Crippen LogP contribution in [0.1, 0.15) is 206 Å². The highest BCUT2D eigenvalue weighted by Crippen LogP contribution is 2.15. The Morgan fingerprint density at radius 1 is 0.426 bits per heavy atom. The fourth-order valence-electron chi connectivity index (χ4n) is 5.70. The molecule has 7 nitrogen and oxygen atoms in total. The predicted molar refractivity (Wildman–Crippen MR) is 198 cm³/mol. The van der Waals surface area contributed by atoms with E-state index in [9.17, 15) is 14.4 Å². The molecule has 0 radical (unpaired) electrons. The molecule has 0 aliphatic carbocycles. The van der Waals surface area contributed by atoms with Gasteiger partial charge in [0.25, 0.3) is 0 Å². The highest BCUT2D eigenvalue weighted by Gasteiger charge is 2.19. The summed E-state index contributed by atoms with van der Waals surface area (Å²) in [5.41, 5.74) is 5.50. The average Bonchev–Trinajstić information content (AvgIpc) is 3.05. The van der Waals surface area contributed by atoms with Crippen molar-refractivity contribution in [3.05, 3.63) is 0 Å². The summed E-state index contributed by atoms with van der Waals surface area (Å²) in [5.74, 6) is -1.02. The smallest absolute Gasteiger partial charge is 0.306 e. The Bertz CT molecular complexity index is 646. The third kappa shape index (κ3) is 37.3. The summed E-state index contributed by atoms with van der Waals surface area (Å²) in [7, 11) is 0. The third-order valence-electron chi connectivity index (χ3n) is 8.71. The number of ether oxygens (including phenoxy) is 3. The molecule has 2 N–H and O–H groups in total. The second-order valence-electron chi connectivity index (χ2n) is 13.4. The van der Waals surface area contributed by atoms with Crippen LogP contribution in [-0.2, 0) is 28.6 Å². The Hall–Kier alpha value is -1.34. The van der Waals surface area contributed by atoms with Crippen molar-refractivity contribution in [3.63, 3.8) is 0 Å². The van der Waals surface area contributed by atoms with Gasteiger partial charge in [0.05, 0.1) is 0 Å². The van der Waals surface area contributed by atoms with E-state index >= 15 is 0 Å². The summed E-state index contributed by atoms with van der Waals surface area (Å²) >= 11 is 0. The van der Waals surface area contributed by atoms with Crippen LogP contribution in [0.3, 0.4) is 0 Å². The highest BCUT2D eigenvalue weighted by molar-refractivity contribution is 5.85. The number of unbranched alkanes of at least 4 members (excludes halogenated alkanes) is 24. The van der Waals surface area contributed by atoms with Crippen molar-refractivity contribution in [2.45, 2.75) is 213 Å². The lowest BCUT2D eigenvalue weighted by atomic mass is 10.0. The van der Waals surface area contributed by atoms with Crippen LogP contribution in [0.25, 0.3) is 0 Å². The molecule has 0 amide bonds. The number of esters is 3. The molecule has 0 aliphatic rings. The van der Waals surface area contributed by atoms with E-state index in [1.54, 1.807) is 0 Å². The van der Waals surface area contributed by atoms with Gasteiger partial charge in [0.1, 0.15) is 13.2 Å². The quantitative estimate of drug-likeness (QED) is 0.0396. The van der Waals surface area contributed by atoms with Gasteiger partial charge in [0.2, 0.25) is 0 Å². The van der Waals surface area contributed by atoms with Gasteiger partial charge >= 0.3 is 17.9 Å². The van der Waals surface area contributed by atoms with Gasteiger partial charge in [-0.15, -0.1) is 12.4 Å². The lowest BCUT2D eigenvalue weighted by Crippen LogP contribution is -2.31. The number of carbonyl (C=O) groups is 3. The first-order chi connectivity index (χ1) is 22.5. The Morgan fingerprint density at radius 2 is 0.702 bits per heavy atom. The number of hydrogen-bond acceptors (Lipinski definition) is 7. The molecule has 0 aromatic heterocycles. The molecule has 0 atom stereocenters. The van der Waals surface area contributed by atoms with E-state index in [4.69, 9.17) is 19.9 Å². The largest absolute Gasteiger partial charge is 0.462 e. The van der Waals surface area contributed by atoms with E-state index < -0.39 is 12.1 Å². The Labute approximate surface area is 296 Å². The van der Waals surface area contributed by atoms with E-state index in [-0.39, 0.29) is 44.0 Å². The van der Waals surface area contributed by atoms with Gasteiger partial charge < -0.3 is 19.9 Å². The van der Waals surface area contributed by atoms with Crippen LogP contribution in [0.4, 0.5) is 0 Å². The monoisotopic (exact) mass is 690 g/mol. The minimum atomic E-state index is -0.795. The molecule has 0 fully saturated rings. The van der Waals surface area contributed by atoms with Crippen LogP contribution in [0.15, 0.2) is 0 Å². The van der Waals surface area contributed by atoms with Crippen LogP contribution in [-0.4, -0.2) is 43.8 Å². The lowest BCUT2D eigenvalue weighted by Gasteiger charge is -2.18. The molecule has 0 rings (SSSR count). The maximum atomic E-state index is 12.3. The van der Waals surface area contributed by atoms with Crippen molar-refractivity contribution in [2.24, 2.45) is 5.73 Å². The third-order valence-corrected chi connectivity index (χ3v) is 8.71. The minimum Gasteiger partial charge on any atom is -0.462 e. The fourth-order valence-corrected chi connectivity index (χ4v) is 5.70. The SMILES string of the molecule is CCCCCCCCCCCCCCCC(=O)OCC(COC(=O)CCCCCCCCCCCCCCC)OC(=O)CCCN.Cl. The first-order valence-electron chi connectivity index (χ1n) is 19.7. The zero-order valence-corrected chi connectivity index (χ0v) is 31.7. The molecule has 0 unspecified atom stereocenters. The molecule has 47 heavy (non-hydrogen) atoms. The van der Waals surface area contributed by atoms with Crippen LogP contribution in [0, 0.1) is 0 Å². The lowest BCUT2D eigenvalue weighted by molar-refractivity contribution is -0.167. The first-order valence-corrected chi connectivity index (χ1v) is 19.7. The van der Waals surface area contributed by atoms with Crippen LogP contribution in [0.5, 0.6) is 0 Å². The van der Waals surface area contributed by atoms with Gasteiger partial charge in [-0.3, -0.25) is 14.4 Å². The standard InChI is InChI=1S/C39H75NO6.ClH/c1-3-5-7-9-11-13-15-17-19-21-23-25-27-30-37(41)44-34-36(46-39(43)32-29-33-40)35-45-38(42)31-28-26-24-22-20-18-16-14-12-10-8-6-4-2;/h36H,3-35,40H2,1-2H3;1H. The van der Waals surface area contributed by atoms with Crippen molar-refractivity contribution in [3.8, 4) is 0 Å². The molecule has 0 saturated carbocycles. The van der Waals surface area contributed by atoms with E-state index in [1.807, 2.05) is 0 Å². The van der Waals surface area contributed by atoms with Gasteiger partial charge in [-0.2, -0.15) is 0 Å². The minimum absolute atomic E-state index is 0. The molecule has 0 heterocycles. The predicted octanol–water partition coefficient (Wildman–Crippen LogP) is 11.1. The number of hydrogen-bond donors (Lipinski definition) is 1. The molecule has 0 spiro atoms. The summed E-state index contributed by atoms with van der Waals surface area (Å²) in [6.45, 7) is 4.70. The summed E-state index contributed by atoms with van der Waals surface area (Å²) in [4.78, 5) is 36.8. The van der Waals surface area contributed by atoms with Crippen LogP contribution < -0.4 is 5.73 Å². The maximum Gasteiger partial charge on any atom is 0.306 e. The van der Waals surface area contributed by atoms with Gasteiger partial charge in [-0.05, 0) is 25.8 Å². The molecule has 280 valence electrons. The second kappa shape index (κ2) is 39.1. The first kappa shape index (κ1) is 47.8. The Morgan fingerprint density at radius 3 is 1.00 bits per heavy atom. The number of carbonyl (C=O) groups excluding carboxylic acids is 3. The molecule has 8 heteroatoms. The maximum absolute atomic E-state index is 12.3. The van der Waals surface area contributed by atoms with Gasteiger partial charge in [0, 0.05) is 19.3 Å². The zero-order chi connectivity index (χ0) is 33.8. The normalized spacial score (nSPS) is 11.0. The molecular weight excluding hydrogens is 614 g/mol. The Balaban J connectivity index is 0. The van der Waals surface area contributed by atoms with Crippen LogP contribution >= 0.6 is 12.4 Å². The fraction of sp³-hybridized carbons (Fsp3) is 0.923. The molecule has 0 aromatic carbocycles. The highest BCUT2D eigenvalue weighted by atomic mass is 35.5. The van der Waals surface area contributed by atoms with E-state index in [2.05, 4.69) is 13.8 Å². The van der Waals surface area contributed by atoms with Crippen molar-refractivity contribution >= 4 is 30.3 Å². The van der Waals surface area contributed by atoms with E-state index in [1.165, 1.54) is 128 Å². The van der Waals surface area contributed by atoms with Crippen molar-refractivity contribution < 1.29 is 28.6 Å². The van der Waals surface area contributed by atoms with Crippen molar-refractivity contribution in [1.29, 1.82) is 0 Å². The summed E-state index contributed by atoms with van der Waals surface area (Å²) in [5, 5.41) is 0. The summed E-state index contributed by atoms with van der Waals surface area (Å²) < 4.78 is 16.2. The Kier molecular flexibility index (Phi) is 39.7. The van der Waals surface area contributed by atoms with Crippen LogP contribution in [0.2, 0.25) is 0 Å². The molecule has 0 bridgehead atoms. The molecule has 0 aromatic rings. The number of nitrogens with two attached hydrogens (primary N) is 1. The molecule has 0 saturated heterocycles. The number of halogens is 1. The summed E-state index contributed by atoms with van der Waals surface area (Å²) in [6, 6.07) is 0. The van der Waals surface area contributed by atoms with Crippen molar-refractivity contribution in [1.82, 2.24) is 0 Å². The van der Waals surface area contributed by atoms with Gasteiger partial charge in [-0.25, -0.2) is 0 Å².